The van der Waals surface area contributed by atoms with Crippen LogP contribution in [0.3, 0.4) is 0 Å². The molecule has 0 bridgehead atoms. The normalized spacial score (nSPS) is 15.5. The van der Waals surface area contributed by atoms with Crippen LogP contribution >= 0.6 is 0 Å². The van der Waals surface area contributed by atoms with Gasteiger partial charge in [0, 0.05) is 0 Å². The Labute approximate surface area is 241 Å². The first kappa shape index (κ1) is 37.1. The van der Waals surface area contributed by atoms with Crippen LogP contribution in [-0.4, -0.2) is 54.9 Å². The average Bonchev–Trinajstić information content (AvgIpc) is 2.70. The second-order valence-corrected chi connectivity index (χ2v) is 7.87. The quantitative estimate of drug-likeness (QED) is 0.235. The number of ether oxygens (including phenoxy) is 1. The number of hydrogen-bond acceptors (Lipinski definition) is 4. The Kier molecular flexibility index (Phi) is 10.6. The molecule has 0 atom stereocenters. The van der Waals surface area contributed by atoms with E-state index in [4.69, 9.17) is 0 Å². The van der Waals surface area contributed by atoms with Crippen molar-refractivity contribution in [1.82, 2.24) is 0 Å². The van der Waals surface area contributed by atoms with Crippen LogP contribution in [0.2, 0.25) is 0 Å². The molecule has 0 heterocycles. The van der Waals surface area contributed by atoms with Crippen LogP contribution in [0.4, 0.5) is 74.6 Å². The molecule has 214 valence electrons. The minimum absolute atomic E-state index is 0. The first-order valence-corrected chi connectivity index (χ1v) is 9.56. The maximum absolute atomic E-state index is 13.8. The second-order valence-electron chi connectivity index (χ2n) is 6.52. The van der Waals surface area contributed by atoms with Gasteiger partial charge in [0.25, 0.3) is 0 Å². The molecule has 0 aliphatic rings. The fourth-order valence-electron chi connectivity index (χ4n) is 2.06. The molecule has 0 saturated carbocycles. The minimum atomic E-state index is -8.42. The van der Waals surface area contributed by atoms with E-state index in [0.717, 1.165) is 0 Å². The van der Waals surface area contributed by atoms with Crippen LogP contribution in [-0.2, 0) is 10.1 Å². The van der Waals surface area contributed by atoms with Crippen molar-refractivity contribution in [3.05, 3.63) is 35.9 Å². The van der Waals surface area contributed by atoms with E-state index in [9.17, 15) is 87.6 Å². The Balaban J connectivity index is 0.0000137. The number of para-hydroxylation sites is 1. The maximum atomic E-state index is 13.8. The van der Waals surface area contributed by atoms with Crippen molar-refractivity contribution >= 4 is 10.1 Å². The Morgan fingerprint density at radius 2 is 1.05 bits per heavy atom. The summed E-state index contributed by atoms with van der Waals surface area (Å²) in [4.78, 5) is -1.92. The van der Waals surface area contributed by atoms with Crippen molar-refractivity contribution in [3.63, 3.8) is 0 Å². The standard InChI is InChI=1S/C15H5F17O4S.K/c16-7(9(18,19)11(22,23)12(24,25)13(26,27)14(28,29)30)8(17)10(20,21)15(31,32)36-5-3-1-2-4-6(5)37(33,34)35;/h1-4H,(H,33,34,35);/q;+1/p-1/b8-7+;. The van der Waals surface area contributed by atoms with E-state index in [2.05, 4.69) is 4.74 Å². The molecule has 38 heavy (non-hydrogen) atoms. The molecule has 0 saturated heterocycles. The van der Waals surface area contributed by atoms with Gasteiger partial charge in [-0.05, 0) is 12.1 Å². The molecule has 23 heteroatoms. The van der Waals surface area contributed by atoms with Gasteiger partial charge in [-0.1, -0.05) is 12.1 Å². The third-order valence-corrected chi connectivity index (χ3v) is 4.88. The summed E-state index contributed by atoms with van der Waals surface area (Å²) in [5, 5.41) is 0. The summed E-state index contributed by atoms with van der Waals surface area (Å²) in [6.07, 6.45) is -14.6. The Morgan fingerprint density at radius 1 is 0.658 bits per heavy atom. The van der Waals surface area contributed by atoms with E-state index < -0.39 is 74.3 Å². The number of hydrogen-bond donors (Lipinski definition) is 0. The Morgan fingerprint density at radius 3 is 1.45 bits per heavy atom. The van der Waals surface area contributed by atoms with Gasteiger partial charge in [0.2, 0.25) is 11.7 Å². The molecule has 0 aliphatic carbocycles. The third kappa shape index (κ3) is 6.06. The largest absolute Gasteiger partial charge is 1.00 e. The fourth-order valence-corrected chi connectivity index (χ4v) is 2.66. The van der Waals surface area contributed by atoms with Gasteiger partial charge in [0.1, 0.15) is 15.9 Å². The van der Waals surface area contributed by atoms with Crippen molar-refractivity contribution in [2.45, 2.75) is 46.8 Å². The van der Waals surface area contributed by atoms with E-state index in [1.165, 1.54) is 0 Å². The van der Waals surface area contributed by atoms with E-state index in [1.54, 1.807) is 0 Å². The molecular weight excluding hydrogens is 638 g/mol. The molecule has 0 spiro atoms. The zero-order valence-electron chi connectivity index (χ0n) is 17.3. The van der Waals surface area contributed by atoms with E-state index in [0.29, 0.717) is 12.1 Å². The molecule has 0 N–H and O–H groups in total. The van der Waals surface area contributed by atoms with Crippen LogP contribution in [0.25, 0.3) is 0 Å². The number of rotatable bonds is 9. The summed E-state index contributed by atoms with van der Waals surface area (Å²) in [6.45, 7) is 0. The van der Waals surface area contributed by atoms with Crippen LogP contribution < -0.4 is 56.1 Å². The molecule has 1 rings (SSSR count). The van der Waals surface area contributed by atoms with E-state index >= 15 is 0 Å². The fraction of sp³-hybridized carbons (Fsp3) is 0.467. The topological polar surface area (TPSA) is 66.4 Å². The SMILES string of the molecule is O=S(=O)([O-])c1ccccc1OC(F)(F)C(F)(F)/C(F)=C(\F)C(F)(F)C(F)(F)C(F)(F)C(F)(F)C(F)(F)F.[K+]. The number of halogens is 17. The Hall–Kier alpha value is -0.884. The monoisotopic (exact) mass is 642 g/mol. The summed E-state index contributed by atoms with van der Waals surface area (Å²) >= 11 is 0. The van der Waals surface area contributed by atoms with Gasteiger partial charge in [0.05, 0.1) is 4.90 Å². The number of benzene rings is 1. The van der Waals surface area contributed by atoms with Gasteiger partial charge < -0.3 is 9.29 Å². The first-order chi connectivity index (χ1) is 16.0. The summed E-state index contributed by atoms with van der Waals surface area (Å²) in [5.74, 6) is -53.0. The third-order valence-electron chi connectivity index (χ3n) is 4.01. The molecular formula is C15H4F17KO4S. The zero-order chi connectivity index (χ0) is 29.8. The van der Waals surface area contributed by atoms with Gasteiger partial charge >= 0.3 is 93.3 Å². The molecule has 1 aromatic rings. The van der Waals surface area contributed by atoms with Crippen LogP contribution in [0.15, 0.2) is 40.8 Å². The van der Waals surface area contributed by atoms with E-state index in [-0.39, 0.29) is 63.5 Å². The van der Waals surface area contributed by atoms with E-state index in [1.807, 2.05) is 0 Å². The van der Waals surface area contributed by atoms with Gasteiger partial charge in [-0.2, -0.15) is 65.9 Å². The summed E-state index contributed by atoms with van der Waals surface area (Å²) < 4.78 is 259. The van der Waals surface area contributed by atoms with Crippen molar-refractivity contribution < 1.29 is 144 Å². The summed E-state index contributed by atoms with van der Waals surface area (Å²) in [5.41, 5.74) is 0. The molecule has 0 aliphatic heterocycles. The second kappa shape index (κ2) is 10.8. The molecule has 4 nitrogen and oxygen atoms in total. The van der Waals surface area contributed by atoms with Gasteiger partial charge in [-0.15, -0.1) is 0 Å². The summed E-state index contributed by atoms with van der Waals surface area (Å²) in [7, 11) is -5.87. The maximum Gasteiger partial charge on any atom is 1.00 e. The number of allylic oxidation sites excluding steroid dienone is 1. The Bertz CT molecular complexity index is 1160. The zero-order valence-corrected chi connectivity index (χ0v) is 21.2. The van der Waals surface area contributed by atoms with Crippen LogP contribution in [0, 0.1) is 0 Å². The molecule has 0 aromatic heterocycles. The predicted octanol–water partition coefficient (Wildman–Crippen LogP) is 3.46. The smallest absolute Gasteiger partial charge is 0.744 e. The van der Waals surface area contributed by atoms with Crippen molar-refractivity contribution in [2.75, 3.05) is 0 Å². The predicted molar refractivity (Wildman–Crippen MR) is 80.0 cm³/mol. The van der Waals surface area contributed by atoms with Crippen molar-refractivity contribution in [2.24, 2.45) is 0 Å². The molecule has 0 unspecified atom stereocenters. The molecule has 1 aromatic carbocycles. The molecule has 0 radical (unpaired) electrons. The minimum Gasteiger partial charge on any atom is -0.744 e. The van der Waals surface area contributed by atoms with Gasteiger partial charge in [-0.3, -0.25) is 0 Å². The van der Waals surface area contributed by atoms with Crippen LogP contribution in [0.1, 0.15) is 0 Å². The average molecular weight is 642 g/mol. The molecule has 0 amide bonds. The molecule has 0 fully saturated rings. The van der Waals surface area contributed by atoms with Gasteiger partial charge in [-0.25, -0.2) is 17.2 Å². The number of alkyl halides is 15. The summed E-state index contributed by atoms with van der Waals surface area (Å²) in [6, 6.07) is 1.11. The van der Waals surface area contributed by atoms with Crippen molar-refractivity contribution in [3.8, 4) is 5.75 Å². The first-order valence-electron chi connectivity index (χ1n) is 8.15. The van der Waals surface area contributed by atoms with Crippen molar-refractivity contribution in [1.29, 1.82) is 0 Å². The van der Waals surface area contributed by atoms with Gasteiger partial charge in [0.15, 0.2) is 0 Å². The van der Waals surface area contributed by atoms with Crippen LogP contribution in [0.5, 0.6) is 5.75 Å².